The van der Waals surface area contributed by atoms with Crippen molar-refractivity contribution in [2.24, 2.45) is 0 Å². The normalized spacial score (nSPS) is 10.4. The molecule has 0 bridgehead atoms. The molecule has 2 amide bonds. The molecule has 29 heavy (non-hydrogen) atoms. The molecule has 5 nitrogen and oxygen atoms in total. The predicted molar refractivity (Wildman–Crippen MR) is 115 cm³/mol. The molecular weight excluding hydrogens is 382 g/mol. The highest BCUT2D eigenvalue weighted by Crippen LogP contribution is 2.30. The molecule has 0 saturated carbocycles. The molecule has 2 aromatic carbocycles. The highest BCUT2D eigenvalue weighted by Gasteiger charge is 2.14. The second-order valence-corrected chi connectivity index (χ2v) is 7.73. The molecule has 3 aromatic rings. The van der Waals surface area contributed by atoms with Gasteiger partial charge in [-0.15, -0.1) is 0 Å². The van der Waals surface area contributed by atoms with Gasteiger partial charge in [0.2, 0.25) is 0 Å². The molecule has 3 rings (SSSR count). The number of hydrogen-bond donors (Lipinski definition) is 2. The van der Waals surface area contributed by atoms with Crippen molar-refractivity contribution in [3.8, 4) is 0 Å². The van der Waals surface area contributed by atoms with Crippen LogP contribution in [0.2, 0.25) is 0 Å². The number of nitrogens with one attached hydrogen (secondary N) is 2. The minimum Gasteiger partial charge on any atom is -0.355 e. The van der Waals surface area contributed by atoms with E-state index >= 15 is 0 Å². The van der Waals surface area contributed by atoms with E-state index in [0.717, 1.165) is 10.5 Å². The van der Waals surface area contributed by atoms with Gasteiger partial charge in [0.25, 0.3) is 11.8 Å². The summed E-state index contributed by atoms with van der Waals surface area (Å²) in [5, 5.41) is 6.19. The van der Waals surface area contributed by atoms with Crippen molar-refractivity contribution >= 4 is 23.6 Å². The highest BCUT2D eigenvalue weighted by atomic mass is 32.2. The largest absolute Gasteiger partial charge is 0.355 e. The van der Waals surface area contributed by atoms with Gasteiger partial charge in [-0.05, 0) is 66.9 Å². The summed E-state index contributed by atoms with van der Waals surface area (Å²) in [6.45, 7) is 4.51. The van der Waals surface area contributed by atoms with Gasteiger partial charge in [-0.3, -0.25) is 9.59 Å². The molecule has 6 heteroatoms. The Bertz CT molecular complexity index is 1030. The number of hydrogen-bond acceptors (Lipinski definition) is 4. The first kappa shape index (κ1) is 20.6. The second-order valence-electron chi connectivity index (χ2n) is 6.66. The van der Waals surface area contributed by atoms with E-state index in [-0.39, 0.29) is 11.8 Å². The van der Waals surface area contributed by atoms with Gasteiger partial charge < -0.3 is 10.6 Å². The Morgan fingerprint density at radius 1 is 0.966 bits per heavy atom. The zero-order valence-electron chi connectivity index (χ0n) is 16.7. The summed E-state index contributed by atoms with van der Waals surface area (Å²) in [5.74, 6) is -0.316. The highest BCUT2D eigenvalue weighted by molar-refractivity contribution is 7.99. The second kappa shape index (κ2) is 9.39. The zero-order chi connectivity index (χ0) is 20.8. The van der Waals surface area contributed by atoms with E-state index in [1.165, 1.54) is 22.9 Å². The van der Waals surface area contributed by atoms with Crippen LogP contribution in [0.3, 0.4) is 0 Å². The lowest BCUT2D eigenvalue weighted by molar-refractivity contribution is 0.0943. The fourth-order valence-electron chi connectivity index (χ4n) is 2.73. The van der Waals surface area contributed by atoms with Gasteiger partial charge in [0.1, 0.15) is 5.03 Å². The monoisotopic (exact) mass is 405 g/mol. The number of aromatic nitrogens is 1. The number of carbonyl (C=O) groups is 2. The summed E-state index contributed by atoms with van der Waals surface area (Å²) < 4.78 is 0. The Morgan fingerprint density at radius 3 is 2.41 bits per heavy atom. The number of pyridine rings is 1. The minimum atomic E-state index is -0.181. The lowest BCUT2D eigenvalue weighted by atomic mass is 10.1. The Balaban J connectivity index is 1.69. The topological polar surface area (TPSA) is 71.1 Å². The van der Waals surface area contributed by atoms with Crippen molar-refractivity contribution < 1.29 is 9.59 Å². The maximum Gasteiger partial charge on any atom is 0.254 e. The van der Waals surface area contributed by atoms with Crippen molar-refractivity contribution in [3.05, 3.63) is 88.6 Å². The predicted octanol–water partition coefficient (Wildman–Crippen LogP) is 4.14. The molecule has 0 aliphatic rings. The number of amides is 2. The first-order chi connectivity index (χ1) is 14.0. The Morgan fingerprint density at radius 2 is 1.72 bits per heavy atom. The van der Waals surface area contributed by atoms with E-state index in [9.17, 15) is 9.59 Å². The first-order valence-electron chi connectivity index (χ1n) is 9.27. The van der Waals surface area contributed by atoms with Gasteiger partial charge in [0.05, 0.1) is 5.56 Å². The standard InChI is InChI=1S/C23H23N3O2S/c1-15-6-11-19(13-16(15)2)29-23-20(5-4-12-25-23)22(28)26-14-17-7-9-18(10-8-17)21(27)24-3/h4-13H,14H2,1-3H3,(H,24,27)(H,26,28). The molecule has 1 heterocycles. The van der Waals surface area contributed by atoms with Crippen molar-refractivity contribution in [2.75, 3.05) is 7.05 Å². The van der Waals surface area contributed by atoms with Gasteiger partial charge in [-0.1, -0.05) is 30.0 Å². The van der Waals surface area contributed by atoms with Crippen LogP contribution < -0.4 is 10.6 Å². The zero-order valence-corrected chi connectivity index (χ0v) is 17.5. The fraction of sp³-hybridized carbons (Fsp3) is 0.174. The summed E-state index contributed by atoms with van der Waals surface area (Å²) in [6.07, 6.45) is 1.69. The summed E-state index contributed by atoms with van der Waals surface area (Å²) in [5.41, 5.74) is 4.48. The van der Waals surface area contributed by atoms with Crippen LogP contribution in [0.4, 0.5) is 0 Å². The molecule has 0 unspecified atom stereocenters. The minimum absolute atomic E-state index is 0.135. The number of rotatable bonds is 6. The average molecular weight is 406 g/mol. The number of nitrogens with zero attached hydrogens (tertiary/aromatic N) is 1. The van der Waals surface area contributed by atoms with E-state index in [0.29, 0.717) is 22.7 Å². The van der Waals surface area contributed by atoms with E-state index in [1.54, 1.807) is 37.5 Å². The van der Waals surface area contributed by atoms with Crippen LogP contribution in [-0.4, -0.2) is 23.8 Å². The third kappa shape index (κ3) is 5.23. The summed E-state index contributed by atoms with van der Waals surface area (Å²) in [6, 6.07) is 16.9. The van der Waals surface area contributed by atoms with Crippen molar-refractivity contribution in [3.63, 3.8) is 0 Å². The maximum absolute atomic E-state index is 12.7. The average Bonchev–Trinajstić information content (AvgIpc) is 2.75. The third-order valence-corrected chi connectivity index (χ3v) is 5.61. The number of carbonyl (C=O) groups excluding carboxylic acids is 2. The SMILES string of the molecule is CNC(=O)c1ccc(CNC(=O)c2cccnc2Sc2ccc(C)c(C)c2)cc1. The molecule has 0 fully saturated rings. The lowest BCUT2D eigenvalue weighted by Crippen LogP contribution is -2.24. The molecule has 0 aliphatic carbocycles. The van der Waals surface area contributed by atoms with Crippen LogP contribution in [0.25, 0.3) is 0 Å². The van der Waals surface area contributed by atoms with E-state index in [2.05, 4.69) is 41.6 Å². The van der Waals surface area contributed by atoms with Gasteiger partial charge >= 0.3 is 0 Å². The van der Waals surface area contributed by atoms with Crippen LogP contribution in [0.1, 0.15) is 37.4 Å². The molecule has 0 saturated heterocycles. The van der Waals surface area contributed by atoms with Gasteiger partial charge in [0.15, 0.2) is 0 Å². The van der Waals surface area contributed by atoms with Gasteiger partial charge in [-0.25, -0.2) is 4.98 Å². The van der Waals surface area contributed by atoms with Crippen LogP contribution >= 0.6 is 11.8 Å². The third-order valence-electron chi connectivity index (χ3n) is 4.60. The van der Waals surface area contributed by atoms with E-state index in [4.69, 9.17) is 0 Å². The molecular formula is C23H23N3O2S. The smallest absolute Gasteiger partial charge is 0.254 e. The van der Waals surface area contributed by atoms with Crippen LogP contribution in [0.5, 0.6) is 0 Å². The molecule has 0 spiro atoms. The van der Waals surface area contributed by atoms with E-state index in [1.807, 2.05) is 18.2 Å². The van der Waals surface area contributed by atoms with Crippen molar-refractivity contribution in [2.45, 2.75) is 30.3 Å². The molecule has 0 aliphatic heterocycles. The van der Waals surface area contributed by atoms with Crippen LogP contribution in [-0.2, 0) is 6.54 Å². The summed E-state index contributed by atoms with van der Waals surface area (Å²) >= 11 is 1.48. The lowest BCUT2D eigenvalue weighted by Gasteiger charge is -2.10. The molecule has 2 N–H and O–H groups in total. The van der Waals surface area contributed by atoms with Crippen molar-refractivity contribution in [1.82, 2.24) is 15.6 Å². The first-order valence-corrected chi connectivity index (χ1v) is 10.1. The molecule has 1 aromatic heterocycles. The van der Waals surface area contributed by atoms with Crippen LogP contribution in [0, 0.1) is 13.8 Å². The van der Waals surface area contributed by atoms with Crippen LogP contribution in [0.15, 0.2) is 70.7 Å². The summed E-state index contributed by atoms with van der Waals surface area (Å²) in [4.78, 5) is 29.8. The number of aryl methyl sites for hydroxylation is 2. The quantitative estimate of drug-likeness (QED) is 0.647. The fourth-order valence-corrected chi connectivity index (χ4v) is 3.71. The molecule has 0 atom stereocenters. The molecule has 0 radical (unpaired) electrons. The Kier molecular flexibility index (Phi) is 6.67. The van der Waals surface area contributed by atoms with Gasteiger partial charge in [0, 0.05) is 30.2 Å². The maximum atomic E-state index is 12.7. The Hall–Kier alpha value is -3.12. The molecule has 148 valence electrons. The van der Waals surface area contributed by atoms with Crippen molar-refractivity contribution in [1.29, 1.82) is 0 Å². The Labute approximate surface area is 175 Å². The summed E-state index contributed by atoms with van der Waals surface area (Å²) in [7, 11) is 1.60. The van der Waals surface area contributed by atoms with E-state index < -0.39 is 0 Å². The van der Waals surface area contributed by atoms with Gasteiger partial charge in [-0.2, -0.15) is 0 Å². The number of benzene rings is 2.